The van der Waals surface area contributed by atoms with E-state index in [1.807, 2.05) is 0 Å². The molecule has 1 aliphatic rings. The first-order chi connectivity index (χ1) is 11.8. The SMILES string of the molecule is CCCCNC(=NCC1CCN(CCc2ccccc2)C1)NCC. The van der Waals surface area contributed by atoms with Gasteiger partial charge >= 0.3 is 0 Å². The number of hydrogen-bond acceptors (Lipinski definition) is 2. The topological polar surface area (TPSA) is 39.7 Å². The molecule has 0 radical (unpaired) electrons. The van der Waals surface area contributed by atoms with Gasteiger partial charge in [0.05, 0.1) is 0 Å². The zero-order valence-corrected chi connectivity index (χ0v) is 15.4. The Kier molecular flexibility index (Phi) is 8.67. The summed E-state index contributed by atoms with van der Waals surface area (Å²) in [6, 6.07) is 10.8. The molecule has 4 heteroatoms. The van der Waals surface area contributed by atoms with Gasteiger partial charge in [0, 0.05) is 32.7 Å². The molecule has 0 saturated carbocycles. The van der Waals surface area contributed by atoms with E-state index in [4.69, 9.17) is 4.99 Å². The molecule has 2 N–H and O–H groups in total. The van der Waals surface area contributed by atoms with Crippen LogP contribution in [0.3, 0.4) is 0 Å². The summed E-state index contributed by atoms with van der Waals surface area (Å²) < 4.78 is 0. The number of nitrogens with one attached hydrogen (secondary N) is 2. The fourth-order valence-electron chi connectivity index (χ4n) is 3.14. The van der Waals surface area contributed by atoms with Crippen LogP contribution in [-0.4, -0.2) is 50.1 Å². The van der Waals surface area contributed by atoms with Crippen LogP contribution in [0.4, 0.5) is 0 Å². The van der Waals surface area contributed by atoms with Gasteiger partial charge in [-0.1, -0.05) is 43.7 Å². The summed E-state index contributed by atoms with van der Waals surface area (Å²) in [6.07, 6.45) is 4.83. The lowest BCUT2D eigenvalue weighted by molar-refractivity contribution is 0.329. The molecular formula is C20H34N4. The van der Waals surface area contributed by atoms with Crippen molar-refractivity contribution < 1.29 is 0 Å². The summed E-state index contributed by atoms with van der Waals surface area (Å²) in [6.45, 7) is 10.8. The van der Waals surface area contributed by atoms with E-state index < -0.39 is 0 Å². The minimum Gasteiger partial charge on any atom is -0.357 e. The maximum atomic E-state index is 4.79. The third-order valence-electron chi connectivity index (χ3n) is 4.60. The maximum Gasteiger partial charge on any atom is 0.191 e. The van der Waals surface area contributed by atoms with Crippen LogP contribution in [0.2, 0.25) is 0 Å². The number of nitrogens with zero attached hydrogens (tertiary/aromatic N) is 2. The molecule has 1 aromatic carbocycles. The van der Waals surface area contributed by atoms with E-state index >= 15 is 0 Å². The van der Waals surface area contributed by atoms with Crippen LogP contribution in [0.5, 0.6) is 0 Å². The average molecular weight is 331 g/mol. The zero-order valence-electron chi connectivity index (χ0n) is 15.4. The van der Waals surface area contributed by atoms with Crippen molar-refractivity contribution in [3.8, 4) is 0 Å². The fraction of sp³-hybridized carbons (Fsp3) is 0.650. The van der Waals surface area contributed by atoms with Crippen molar-refractivity contribution >= 4 is 5.96 Å². The summed E-state index contributed by atoms with van der Waals surface area (Å²) in [5.41, 5.74) is 1.44. The van der Waals surface area contributed by atoms with Crippen molar-refractivity contribution in [1.82, 2.24) is 15.5 Å². The summed E-state index contributed by atoms with van der Waals surface area (Å²) in [4.78, 5) is 7.38. The predicted molar refractivity (Wildman–Crippen MR) is 104 cm³/mol. The van der Waals surface area contributed by atoms with Gasteiger partial charge in [0.15, 0.2) is 5.96 Å². The standard InChI is InChI=1S/C20H34N4/c1-3-5-13-22-20(21-4-2)23-16-19-12-15-24(17-19)14-11-18-9-7-6-8-10-18/h6-10,19H,3-5,11-17H2,1-2H3,(H2,21,22,23). The molecular weight excluding hydrogens is 296 g/mol. The van der Waals surface area contributed by atoms with Crippen LogP contribution < -0.4 is 10.6 Å². The number of unbranched alkanes of at least 4 members (excludes halogenated alkanes) is 1. The highest BCUT2D eigenvalue weighted by Gasteiger charge is 2.21. The first-order valence-electron chi connectivity index (χ1n) is 9.60. The monoisotopic (exact) mass is 330 g/mol. The molecule has 24 heavy (non-hydrogen) atoms. The van der Waals surface area contributed by atoms with Gasteiger partial charge in [-0.15, -0.1) is 0 Å². The minimum atomic E-state index is 0.697. The molecule has 1 aliphatic heterocycles. The van der Waals surface area contributed by atoms with Gasteiger partial charge in [-0.2, -0.15) is 0 Å². The van der Waals surface area contributed by atoms with Crippen molar-refractivity contribution in [2.45, 2.75) is 39.5 Å². The van der Waals surface area contributed by atoms with E-state index in [0.29, 0.717) is 5.92 Å². The molecule has 0 aliphatic carbocycles. The Morgan fingerprint density at radius 1 is 1.21 bits per heavy atom. The van der Waals surface area contributed by atoms with Crippen molar-refractivity contribution in [3.63, 3.8) is 0 Å². The van der Waals surface area contributed by atoms with Crippen molar-refractivity contribution in [3.05, 3.63) is 35.9 Å². The lowest BCUT2D eigenvalue weighted by Gasteiger charge is -2.16. The third kappa shape index (κ3) is 6.91. The highest BCUT2D eigenvalue weighted by atomic mass is 15.2. The van der Waals surface area contributed by atoms with Crippen molar-refractivity contribution in [2.75, 3.05) is 39.3 Å². The van der Waals surface area contributed by atoms with Crippen molar-refractivity contribution in [2.24, 2.45) is 10.9 Å². The van der Waals surface area contributed by atoms with Crippen LogP contribution in [0.25, 0.3) is 0 Å². The van der Waals surface area contributed by atoms with Gasteiger partial charge in [0.25, 0.3) is 0 Å². The number of likely N-dealkylation sites (tertiary alicyclic amines) is 1. The lowest BCUT2D eigenvalue weighted by Crippen LogP contribution is -2.38. The molecule has 4 nitrogen and oxygen atoms in total. The van der Waals surface area contributed by atoms with Crippen LogP contribution in [0.1, 0.15) is 38.7 Å². The molecule has 0 spiro atoms. The first kappa shape index (κ1) is 18.8. The number of hydrogen-bond donors (Lipinski definition) is 2. The molecule has 1 aromatic rings. The van der Waals surface area contributed by atoms with E-state index in [1.54, 1.807) is 0 Å². The second-order valence-electron chi connectivity index (χ2n) is 6.69. The van der Waals surface area contributed by atoms with E-state index in [9.17, 15) is 0 Å². The molecule has 1 fully saturated rings. The van der Waals surface area contributed by atoms with Crippen molar-refractivity contribution in [1.29, 1.82) is 0 Å². The molecule has 0 bridgehead atoms. The van der Waals surface area contributed by atoms with Gasteiger partial charge in [0.1, 0.15) is 0 Å². The molecule has 1 atom stereocenters. The Hall–Kier alpha value is -1.55. The minimum absolute atomic E-state index is 0.697. The molecule has 134 valence electrons. The lowest BCUT2D eigenvalue weighted by atomic mass is 10.1. The number of aliphatic imine (C=N–C) groups is 1. The van der Waals surface area contributed by atoms with Gasteiger partial charge < -0.3 is 15.5 Å². The summed E-state index contributed by atoms with van der Waals surface area (Å²) in [7, 11) is 0. The van der Waals surface area contributed by atoms with Crippen LogP contribution >= 0.6 is 0 Å². The largest absolute Gasteiger partial charge is 0.357 e. The molecule has 0 amide bonds. The third-order valence-corrected chi connectivity index (χ3v) is 4.60. The smallest absolute Gasteiger partial charge is 0.191 e. The highest BCUT2D eigenvalue weighted by Crippen LogP contribution is 2.17. The maximum absolute atomic E-state index is 4.79. The average Bonchev–Trinajstić information content (AvgIpc) is 3.07. The van der Waals surface area contributed by atoms with E-state index in [0.717, 1.165) is 32.0 Å². The molecule has 1 saturated heterocycles. The fourth-order valence-corrected chi connectivity index (χ4v) is 3.14. The van der Waals surface area contributed by atoms with Gasteiger partial charge in [-0.05, 0) is 44.2 Å². The summed E-state index contributed by atoms with van der Waals surface area (Å²) >= 11 is 0. The molecule has 1 heterocycles. The molecule has 2 rings (SSSR count). The second-order valence-corrected chi connectivity index (χ2v) is 6.69. The first-order valence-corrected chi connectivity index (χ1v) is 9.60. The Bertz CT molecular complexity index is 472. The summed E-state index contributed by atoms with van der Waals surface area (Å²) in [5.74, 6) is 1.68. The van der Waals surface area contributed by atoms with Gasteiger partial charge in [-0.25, -0.2) is 0 Å². The molecule has 1 unspecified atom stereocenters. The van der Waals surface area contributed by atoms with E-state index in [1.165, 1.54) is 44.5 Å². The number of guanidine groups is 1. The number of rotatable bonds is 9. The Morgan fingerprint density at radius 3 is 2.79 bits per heavy atom. The Labute approximate surface area is 147 Å². The Balaban J connectivity index is 1.70. The van der Waals surface area contributed by atoms with Crippen LogP contribution in [0.15, 0.2) is 35.3 Å². The van der Waals surface area contributed by atoms with E-state index in [2.05, 4.69) is 59.7 Å². The van der Waals surface area contributed by atoms with Crippen LogP contribution in [-0.2, 0) is 6.42 Å². The van der Waals surface area contributed by atoms with E-state index in [-0.39, 0.29) is 0 Å². The predicted octanol–water partition coefficient (Wildman–Crippen LogP) is 2.91. The summed E-state index contributed by atoms with van der Waals surface area (Å²) in [5, 5.41) is 6.78. The highest BCUT2D eigenvalue weighted by molar-refractivity contribution is 5.79. The van der Waals surface area contributed by atoms with Gasteiger partial charge in [-0.3, -0.25) is 4.99 Å². The quantitative estimate of drug-likeness (QED) is 0.415. The number of benzene rings is 1. The van der Waals surface area contributed by atoms with Crippen LogP contribution in [0, 0.1) is 5.92 Å². The second kappa shape index (κ2) is 11.1. The molecule has 0 aromatic heterocycles. The van der Waals surface area contributed by atoms with Gasteiger partial charge in [0.2, 0.25) is 0 Å². The normalized spacial score (nSPS) is 18.8. The zero-order chi connectivity index (χ0) is 17.0. The Morgan fingerprint density at radius 2 is 2.04 bits per heavy atom.